The summed E-state index contributed by atoms with van der Waals surface area (Å²) in [5, 5.41) is 0. The number of benzene rings is 1. The SMILES string of the molecule is CC#C[C@@H](CCN)c1ccc(OCC(=C/C)/C=C(\C)C23CCC4(CC2O3)OCCO4)cc1. The van der Waals surface area contributed by atoms with Crippen LogP contribution in [0, 0.1) is 11.8 Å². The smallest absolute Gasteiger partial charge is 0.171 e. The van der Waals surface area contributed by atoms with Gasteiger partial charge in [-0.15, -0.1) is 5.92 Å². The molecule has 1 aromatic carbocycles. The molecule has 1 aliphatic carbocycles. The van der Waals surface area contributed by atoms with Gasteiger partial charge in [0.2, 0.25) is 0 Å². The molecule has 0 bridgehead atoms. The average Bonchev–Trinajstić information content (AvgIpc) is 3.37. The van der Waals surface area contributed by atoms with E-state index in [1.54, 1.807) is 0 Å². The van der Waals surface area contributed by atoms with Crippen molar-refractivity contribution >= 4 is 0 Å². The molecule has 2 heterocycles. The molecule has 3 aliphatic rings. The standard InChI is InChI=1S/C27H35NO4/c1-4-6-22(11-14-28)23-7-9-24(10-8-23)29-19-21(5-2)17-20(3)27-13-12-26(18-25(27)32-27)30-15-16-31-26/h5,7-10,17,22,25H,11-16,18-19,28H2,1-3H3/b20-17+,21-5+/t22-,25?,27?/m0/s1. The van der Waals surface area contributed by atoms with Gasteiger partial charge in [-0.1, -0.05) is 30.2 Å². The lowest BCUT2D eigenvalue weighted by atomic mass is 9.80. The molecular weight excluding hydrogens is 402 g/mol. The first kappa shape index (κ1) is 23.1. The largest absolute Gasteiger partial charge is 0.489 e. The van der Waals surface area contributed by atoms with Gasteiger partial charge in [-0.3, -0.25) is 0 Å². The summed E-state index contributed by atoms with van der Waals surface area (Å²) < 4.78 is 24.0. The van der Waals surface area contributed by atoms with Crippen molar-refractivity contribution in [3.05, 3.63) is 53.1 Å². The minimum absolute atomic E-state index is 0.158. The van der Waals surface area contributed by atoms with E-state index in [-0.39, 0.29) is 17.6 Å². The molecule has 0 radical (unpaired) electrons. The summed E-state index contributed by atoms with van der Waals surface area (Å²) in [6.45, 7) is 8.60. The van der Waals surface area contributed by atoms with Crippen LogP contribution < -0.4 is 10.5 Å². The van der Waals surface area contributed by atoms with Gasteiger partial charge in [0.15, 0.2) is 5.79 Å². The van der Waals surface area contributed by atoms with Gasteiger partial charge < -0.3 is 24.7 Å². The predicted molar refractivity (Wildman–Crippen MR) is 125 cm³/mol. The van der Waals surface area contributed by atoms with Crippen molar-refractivity contribution < 1.29 is 18.9 Å². The minimum Gasteiger partial charge on any atom is -0.489 e. The fraction of sp³-hybridized carbons (Fsp3) is 0.556. The van der Waals surface area contributed by atoms with Crippen LogP contribution in [0.15, 0.2) is 47.6 Å². The predicted octanol–water partition coefficient (Wildman–Crippen LogP) is 4.48. The summed E-state index contributed by atoms with van der Waals surface area (Å²) in [4.78, 5) is 0. The van der Waals surface area contributed by atoms with E-state index in [4.69, 9.17) is 24.7 Å². The average molecular weight is 438 g/mol. The molecule has 5 nitrogen and oxygen atoms in total. The Balaban J connectivity index is 1.34. The van der Waals surface area contributed by atoms with Crippen molar-refractivity contribution in [2.75, 3.05) is 26.4 Å². The van der Waals surface area contributed by atoms with Gasteiger partial charge in [0, 0.05) is 18.8 Å². The molecule has 3 atom stereocenters. The van der Waals surface area contributed by atoms with E-state index >= 15 is 0 Å². The van der Waals surface area contributed by atoms with Gasteiger partial charge >= 0.3 is 0 Å². The molecule has 2 unspecified atom stereocenters. The third kappa shape index (κ3) is 4.79. The van der Waals surface area contributed by atoms with Gasteiger partial charge in [0.1, 0.15) is 18.0 Å². The van der Waals surface area contributed by atoms with Crippen molar-refractivity contribution in [3.63, 3.8) is 0 Å². The molecule has 32 heavy (non-hydrogen) atoms. The topological polar surface area (TPSA) is 66.2 Å². The fourth-order valence-corrected chi connectivity index (χ4v) is 4.94. The van der Waals surface area contributed by atoms with Crippen LogP contribution in [0.2, 0.25) is 0 Å². The number of hydrogen-bond donors (Lipinski definition) is 1. The summed E-state index contributed by atoms with van der Waals surface area (Å²) in [6.07, 6.45) is 8.01. The van der Waals surface area contributed by atoms with Gasteiger partial charge in [-0.2, -0.15) is 0 Å². The minimum atomic E-state index is -0.407. The van der Waals surface area contributed by atoms with Crippen molar-refractivity contribution in [2.45, 2.75) is 69.9 Å². The van der Waals surface area contributed by atoms with Crippen molar-refractivity contribution in [2.24, 2.45) is 5.73 Å². The van der Waals surface area contributed by atoms with E-state index in [2.05, 4.69) is 43.0 Å². The summed E-state index contributed by atoms with van der Waals surface area (Å²) in [6, 6.07) is 8.20. The highest BCUT2D eigenvalue weighted by atomic mass is 16.7. The monoisotopic (exact) mass is 437 g/mol. The summed E-state index contributed by atoms with van der Waals surface area (Å²) in [5.74, 6) is 6.86. The van der Waals surface area contributed by atoms with Gasteiger partial charge in [0.05, 0.1) is 19.3 Å². The van der Waals surface area contributed by atoms with Crippen LogP contribution in [-0.4, -0.2) is 43.9 Å². The molecular formula is C27H35NO4. The van der Waals surface area contributed by atoms with Crippen molar-refractivity contribution in [1.82, 2.24) is 0 Å². The highest BCUT2D eigenvalue weighted by Crippen LogP contribution is 2.56. The van der Waals surface area contributed by atoms with Gasteiger partial charge in [0.25, 0.3) is 0 Å². The highest BCUT2D eigenvalue weighted by molar-refractivity contribution is 5.37. The molecule has 1 aromatic rings. The van der Waals surface area contributed by atoms with Crippen molar-refractivity contribution in [1.29, 1.82) is 0 Å². The van der Waals surface area contributed by atoms with Crippen LogP contribution in [0.3, 0.4) is 0 Å². The molecule has 0 aromatic heterocycles. The molecule has 172 valence electrons. The second kappa shape index (κ2) is 9.80. The Kier molecular flexibility index (Phi) is 7.07. The maximum atomic E-state index is 6.18. The third-order valence-electron chi connectivity index (χ3n) is 6.90. The fourth-order valence-electron chi connectivity index (χ4n) is 4.94. The van der Waals surface area contributed by atoms with Crippen LogP contribution in [0.1, 0.15) is 57.9 Å². The Morgan fingerprint density at radius 1 is 1.25 bits per heavy atom. The molecule has 4 rings (SSSR count). The molecule has 2 N–H and O–H groups in total. The van der Waals surface area contributed by atoms with Gasteiger partial charge in [-0.25, -0.2) is 0 Å². The van der Waals surface area contributed by atoms with Crippen LogP contribution in [-0.2, 0) is 14.2 Å². The molecule has 5 heteroatoms. The number of fused-ring (bicyclic) bond motifs is 1. The molecule has 0 amide bonds. The molecule has 3 fully saturated rings. The second-order valence-corrected chi connectivity index (χ2v) is 8.88. The Hall–Kier alpha value is -2.10. The summed E-state index contributed by atoms with van der Waals surface area (Å²) in [7, 11) is 0. The Morgan fingerprint density at radius 2 is 2.00 bits per heavy atom. The van der Waals surface area contributed by atoms with E-state index < -0.39 is 5.79 Å². The number of epoxide rings is 1. The van der Waals surface area contributed by atoms with Gasteiger partial charge in [-0.05, 0) is 69.0 Å². The van der Waals surface area contributed by atoms with Crippen LogP contribution >= 0.6 is 0 Å². The molecule has 2 saturated heterocycles. The first-order chi connectivity index (χ1) is 15.5. The number of ether oxygens (including phenoxy) is 4. The normalized spacial score (nSPS) is 27.4. The molecule has 1 saturated carbocycles. The van der Waals surface area contributed by atoms with Crippen molar-refractivity contribution in [3.8, 4) is 17.6 Å². The zero-order valence-electron chi connectivity index (χ0n) is 19.5. The summed E-state index contributed by atoms with van der Waals surface area (Å²) in [5.41, 5.74) is 9.15. The maximum absolute atomic E-state index is 6.18. The number of rotatable bonds is 8. The summed E-state index contributed by atoms with van der Waals surface area (Å²) >= 11 is 0. The Bertz CT molecular complexity index is 917. The Morgan fingerprint density at radius 3 is 2.62 bits per heavy atom. The van der Waals surface area contributed by atoms with E-state index in [0.717, 1.165) is 37.0 Å². The number of hydrogen-bond acceptors (Lipinski definition) is 5. The lowest BCUT2D eigenvalue weighted by Gasteiger charge is -2.32. The zero-order valence-corrected chi connectivity index (χ0v) is 19.5. The van der Waals surface area contributed by atoms with Crippen LogP contribution in [0.5, 0.6) is 5.75 Å². The lowest BCUT2D eigenvalue weighted by molar-refractivity contribution is -0.174. The van der Waals surface area contributed by atoms with E-state index in [9.17, 15) is 0 Å². The van der Waals surface area contributed by atoms with Crippen LogP contribution in [0.25, 0.3) is 0 Å². The molecule has 1 spiro atoms. The highest BCUT2D eigenvalue weighted by Gasteiger charge is 2.64. The number of nitrogens with two attached hydrogens (primary N) is 1. The third-order valence-corrected chi connectivity index (χ3v) is 6.90. The number of allylic oxidation sites excluding steroid dienone is 1. The van der Waals surface area contributed by atoms with E-state index in [1.807, 2.05) is 26.0 Å². The van der Waals surface area contributed by atoms with E-state index in [1.165, 1.54) is 11.1 Å². The molecule has 2 aliphatic heterocycles. The van der Waals surface area contributed by atoms with Crippen LogP contribution in [0.4, 0.5) is 0 Å². The first-order valence-corrected chi connectivity index (χ1v) is 11.7. The lowest BCUT2D eigenvalue weighted by Crippen LogP contribution is -2.40. The maximum Gasteiger partial charge on any atom is 0.171 e. The zero-order chi connectivity index (χ0) is 22.6. The van der Waals surface area contributed by atoms with E-state index in [0.29, 0.717) is 26.4 Å². The first-order valence-electron chi connectivity index (χ1n) is 11.7. The Labute approximate surface area is 191 Å². The second-order valence-electron chi connectivity index (χ2n) is 8.88. The quantitative estimate of drug-likeness (QED) is 0.369.